The first-order valence-corrected chi connectivity index (χ1v) is 14.9. The summed E-state index contributed by atoms with van der Waals surface area (Å²) in [4.78, 5) is 29.0. The fraction of sp³-hybridized carbons (Fsp3) is 0.529. The topological polar surface area (TPSA) is 59.8 Å². The smallest absolute Gasteiger partial charge is 0.338 e. The van der Waals surface area contributed by atoms with E-state index in [1.165, 1.54) is 44.3 Å². The maximum Gasteiger partial charge on any atom is 0.338 e. The Morgan fingerprint density at radius 3 is 2.05 bits per heavy atom. The van der Waals surface area contributed by atoms with Crippen LogP contribution in [0.3, 0.4) is 0 Å². The van der Waals surface area contributed by atoms with Gasteiger partial charge in [0.15, 0.2) is 5.78 Å². The van der Waals surface area contributed by atoms with E-state index in [0.29, 0.717) is 45.8 Å². The van der Waals surface area contributed by atoms with Crippen molar-refractivity contribution < 1.29 is 18.7 Å². The van der Waals surface area contributed by atoms with Crippen LogP contribution >= 0.6 is 0 Å². The van der Waals surface area contributed by atoms with E-state index in [1.807, 2.05) is 26.0 Å². The summed E-state index contributed by atoms with van der Waals surface area (Å²) >= 11 is 0. The minimum Gasteiger partial charge on any atom is -0.460 e. The molecule has 0 bridgehead atoms. The zero-order chi connectivity index (χ0) is 28.4. The molecule has 2 aromatic carbocycles. The minimum atomic E-state index is -0.399. The molecule has 3 rings (SSSR count). The van der Waals surface area contributed by atoms with Crippen LogP contribution in [0.1, 0.15) is 111 Å². The molecule has 0 saturated carbocycles. The molecule has 5 heteroatoms. The van der Waals surface area contributed by atoms with Gasteiger partial charge in [-0.25, -0.2) is 4.79 Å². The number of hydrogen-bond acceptors (Lipinski definition) is 5. The van der Waals surface area contributed by atoms with Crippen LogP contribution in [0.5, 0.6) is 0 Å². The zero-order valence-corrected chi connectivity index (χ0v) is 24.8. The number of unbranched alkanes of at least 4 members (excludes halogenated alkanes) is 2. The van der Waals surface area contributed by atoms with Crippen molar-refractivity contribution in [3.63, 3.8) is 0 Å². The molecule has 0 aliphatic heterocycles. The maximum absolute atomic E-state index is 13.8. The third-order valence-electron chi connectivity index (χ3n) is 6.97. The largest absolute Gasteiger partial charge is 0.460 e. The van der Waals surface area contributed by atoms with Gasteiger partial charge in [-0.2, -0.15) is 0 Å². The first-order valence-electron chi connectivity index (χ1n) is 14.9. The highest BCUT2D eigenvalue weighted by molar-refractivity contribution is 6.17. The summed E-state index contributed by atoms with van der Waals surface area (Å²) in [7, 11) is 0. The third kappa shape index (κ3) is 8.79. The highest BCUT2D eigenvalue weighted by atomic mass is 16.5. The Labute approximate surface area is 234 Å². The van der Waals surface area contributed by atoms with E-state index in [-0.39, 0.29) is 11.9 Å². The molecule has 39 heavy (non-hydrogen) atoms. The summed E-state index contributed by atoms with van der Waals surface area (Å²) in [6.07, 6.45) is 7.50. The van der Waals surface area contributed by atoms with Crippen molar-refractivity contribution in [2.24, 2.45) is 5.92 Å². The zero-order valence-electron chi connectivity index (χ0n) is 24.8. The number of esters is 1. The summed E-state index contributed by atoms with van der Waals surface area (Å²) in [5.41, 5.74) is 3.46. The van der Waals surface area contributed by atoms with Crippen LogP contribution in [0.2, 0.25) is 0 Å². The molecule has 0 amide bonds. The lowest BCUT2D eigenvalue weighted by Gasteiger charge is -2.21. The van der Waals surface area contributed by atoms with E-state index in [2.05, 4.69) is 44.7 Å². The average molecular weight is 534 g/mol. The van der Waals surface area contributed by atoms with Gasteiger partial charge in [0.25, 0.3) is 0 Å². The van der Waals surface area contributed by atoms with Gasteiger partial charge in [-0.05, 0) is 88.8 Å². The molecule has 0 aliphatic carbocycles. The monoisotopic (exact) mass is 533 g/mol. The molecule has 0 saturated heterocycles. The van der Waals surface area contributed by atoms with Gasteiger partial charge in [0.2, 0.25) is 0 Å². The third-order valence-corrected chi connectivity index (χ3v) is 6.97. The molecular formula is C34H47NO4. The molecule has 1 aromatic heterocycles. The van der Waals surface area contributed by atoms with E-state index in [9.17, 15) is 9.59 Å². The first-order chi connectivity index (χ1) is 18.7. The van der Waals surface area contributed by atoms with Crippen molar-refractivity contribution in [1.29, 1.82) is 0 Å². The average Bonchev–Trinajstić information content (AvgIpc) is 3.25. The van der Waals surface area contributed by atoms with Gasteiger partial charge in [-0.1, -0.05) is 64.8 Å². The Kier molecular flexibility index (Phi) is 11.8. The second kappa shape index (κ2) is 15.0. The second-order valence-electron chi connectivity index (χ2n) is 11.3. The predicted octanol–water partition coefficient (Wildman–Crippen LogP) is 8.26. The van der Waals surface area contributed by atoms with Crippen LogP contribution in [0.25, 0.3) is 11.0 Å². The van der Waals surface area contributed by atoms with E-state index in [0.717, 1.165) is 19.4 Å². The number of ketones is 1. The van der Waals surface area contributed by atoms with Crippen LogP contribution in [-0.4, -0.2) is 42.4 Å². The number of hydrogen-bond donors (Lipinski definition) is 0. The van der Waals surface area contributed by atoms with E-state index in [1.54, 1.807) is 18.2 Å². The standard InChI is InChI=1S/C34H47NO4/c1-7-9-19-35(20-10-8-2)21-11-12-26-13-15-27(16-14-26)33(36)32-29-23-28(34(37)38-25(5)6)17-18-30(29)39-31(32)22-24(3)4/h13-18,23-25H,7-12,19-22H2,1-6H3. The van der Waals surface area contributed by atoms with Crippen molar-refractivity contribution in [2.45, 2.75) is 92.6 Å². The predicted molar refractivity (Wildman–Crippen MR) is 160 cm³/mol. The quantitative estimate of drug-likeness (QED) is 0.137. The lowest BCUT2D eigenvalue weighted by Crippen LogP contribution is -2.27. The number of aryl methyl sites for hydroxylation is 1. The van der Waals surface area contributed by atoms with Gasteiger partial charge in [0.1, 0.15) is 11.3 Å². The number of benzene rings is 2. The van der Waals surface area contributed by atoms with Gasteiger partial charge in [0.05, 0.1) is 17.2 Å². The Morgan fingerprint density at radius 1 is 0.846 bits per heavy atom. The molecule has 1 heterocycles. The van der Waals surface area contributed by atoms with Crippen molar-refractivity contribution in [2.75, 3.05) is 19.6 Å². The number of furan rings is 1. The molecule has 0 radical (unpaired) electrons. The van der Waals surface area contributed by atoms with E-state index < -0.39 is 5.97 Å². The molecule has 5 nitrogen and oxygen atoms in total. The van der Waals surface area contributed by atoms with Crippen LogP contribution in [-0.2, 0) is 17.6 Å². The second-order valence-corrected chi connectivity index (χ2v) is 11.3. The summed E-state index contributed by atoms with van der Waals surface area (Å²) in [5.74, 6) is 0.515. The molecule has 3 aromatic rings. The molecule has 0 aliphatic rings. The number of fused-ring (bicyclic) bond motifs is 1. The Bertz CT molecular complexity index is 1200. The first kappa shape index (κ1) is 30.6. The Morgan fingerprint density at radius 2 is 1.46 bits per heavy atom. The summed E-state index contributed by atoms with van der Waals surface area (Å²) in [6, 6.07) is 13.2. The molecule has 0 fully saturated rings. The van der Waals surface area contributed by atoms with Gasteiger partial charge < -0.3 is 14.1 Å². The fourth-order valence-corrected chi connectivity index (χ4v) is 4.89. The van der Waals surface area contributed by atoms with E-state index >= 15 is 0 Å². The minimum absolute atomic E-state index is 0.0735. The van der Waals surface area contributed by atoms with E-state index in [4.69, 9.17) is 9.15 Å². The number of carbonyl (C=O) groups is 2. The van der Waals surface area contributed by atoms with Gasteiger partial charge in [-0.3, -0.25) is 4.79 Å². The Hall–Kier alpha value is -2.92. The van der Waals surface area contributed by atoms with Gasteiger partial charge >= 0.3 is 5.97 Å². The molecule has 0 unspecified atom stereocenters. The number of ether oxygens (including phenoxy) is 1. The normalized spacial score (nSPS) is 11.7. The highest BCUT2D eigenvalue weighted by Gasteiger charge is 2.24. The molecular weight excluding hydrogens is 486 g/mol. The highest BCUT2D eigenvalue weighted by Crippen LogP contribution is 2.31. The molecule has 0 N–H and O–H groups in total. The van der Waals surface area contributed by atoms with Crippen molar-refractivity contribution >= 4 is 22.7 Å². The lowest BCUT2D eigenvalue weighted by molar-refractivity contribution is 0.0378. The van der Waals surface area contributed by atoms with Gasteiger partial charge in [-0.15, -0.1) is 0 Å². The van der Waals surface area contributed by atoms with Crippen LogP contribution in [0, 0.1) is 5.92 Å². The van der Waals surface area contributed by atoms with Gasteiger partial charge in [0, 0.05) is 17.4 Å². The lowest BCUT2D eigenvalue weighted by atomic mass is 9.95. The summed E-state index contributed by atoms with van der Waals surface area (Å²) < 4.78 is 11.5. The fourth-order valence-electron chi connectivity index (χ4n) is 4.89. The van der Waals surface area contributed by atoms with Crippen molar-refractivity contribution in [1.82, 2.24) is 4.90 Å². The number of carbonyl (C=O) groups excluding carboxylic acids is 2. The number of nitrogens with zero attached hydrogens (tertiary/aromatic N) is 1. The van der Waals surface area contributed by atoms with Crippen LogP contribution < -0.4 is 0 Å². The molecule has 0 spiro atoms. The van der Waals surface area contributed by atoms with Crippen molar-refractivity contribution in [3.8, 4) is 0 Å². The number of rotatable bonds is 16. The Balaban J connectivity index is 1.79. The van der Waals surface area contributed by atoms with Crippen molar-refractivity contribution in [3.05, 3.63) is 70.5 Å². The van der Waals surface area contributed by atoms with Crippen LogP contribution in [0.4, 0.5) is 0 Å². The molecule has 212 valence electrons. The van der Waals surface area contributed by atoms with Crippen LogP contribution in [0.15, 0.2) is 46.9 Å². The maximum atomic E-state index is 13.8. The SMILES string of the molecule is CCCCN(CCCC)CCCc1ccc(C(=O)c2c(CC(C)C)oc3ccc(C(=O)OC(C)C)cc23)cc1. The summed E-state index contributed by atoms with van der Waals surface area (Å²) in [5, 5.41) is 0.664. The molecule has 0 atom stereocenters. The summed E-state index contributed by atoms with van der Waals surface area (Å²) in [6.45, 7) is 15.8.